The summed E-state index contributed by atoms with van der Waals surface area (Å²) in [5.74, 6) is 0.594. The van der Waals surface area contributed by atoms with Gasteiger partial charge in [0.1, 0.15) is 5.69 Å². The molecule has 4 heterocycles. The molecule has 3 N–H and O–H groups in total. The van der Waals surface area contributed by atoms with Crippen molar-refractivity contribution in [3.8, 4) is 11.3 Å². The van der Waals surface area contributed by atoms with Gasteiger partial charge in [0.15, 0.2) is 0 Å². The van der Waals surface area contributed by atoms with Crippen molar-refractivity contribution in [2.75, 3.05) is 68.2 Å². The summed E-state index contributed by atoms with van der Waals surface area (Å²) in [6, 6.07) is 10.9. The molecule has 4 aromatic rings. The third kappa shape index (κ3) is 4.89. The molecule has 0 saturated carbocycles. The molecule has 1 saturated heterocycles. The van der Waals surface area contributed by atoms with Gasteiger partial charge in [-0.15, -0.1) is 0 Å². The lowest BCUT2D eigenvalue weighted by molar-refractivity contribution is 0.416. The second kappa shape index (κ2) is 10.4. The molecular weight excluding hydrogens is 484 g/mol. The number of aromatic nitrogens is 3. The number of para-hydroxylation sites is 1. The number of rotatable bonds is 8. The molecule has 204 valence electrons. The molecule has 0 aliphatic carbocycles. The predicted octanol–water partition coefficient (Wildman–Crippen LogP) is 5.28. The molecule has 8 heteroatoms. The number of hydrogen-bond donors (Lipinski definition) is 2. The largest absolute Gasteiger partial charge is 0.397 e. The first-order chi connectivity index (χ1) is 18.9. The predicted molar refractivity (Wildman–Crippen MR) is 163 cm³/mol. The van der Waals surface area contributed by atoms with E-state index < -0.39 is 0 Å². The maximum Gasteiger partial charge on any atom is 0.227 e. The minimum Gasteiger partial charge on any atom is -0.397 e. The maximum atomic E-state index is 6.53. The van der Waals surface area contributed by atoms with Crippen LogP contribution in [0.2, 0.25) is 0 Å². The van der Waals surface area contributed by atoms with Crippen LogP contribution in [0.25, 0.3) is 22.2 Å². The highest BCUT2D eigenvalue weighted by atomic mass is 15.2. The van der Waals surface area contributed by atoms with Gasteiger partial charge in [-0.25, -0.2) is 9.97 Å². The number of nitrogens with zero attached hydrogens (tertiary/aromatic N) is 6. The van der Waals surface area contributed by atoms with Crippen molar-refractivity contribution in [2.45, 2.75) is 39.2 Å². The van der Waals surface area contributed by atoms with Gasteiger partial charge in [-0.3, -0.25) is 0 Å². The molecule has 39 heavy (non-hydrogen) atoms. The van der Waals surface area contributed by atoms with E-state index in [9.17, 15) is 0 Å². The van der Waals surface area contributed by atoms with Crippen LogP contribution >= 0.6 is 0 Å². The van der Waals surface area contributed by atoms with Crippen LogP contribution in [-0.2, 0) is 13.0 Å². The SMILES string of the molecule is Cc1cc(N(C)CCN(C)C)c(N)cc1Nc1ncc(N2CCCC2)c(-c2cn3c4c(cccc24)CCC3)n1. The van der Waals surface area contributed by atoms with E-state index in [0.717, 1.165) is 73.2 Å². The zero-order valence-electron chi connectivity index (χ0n) is 23.7. The molecule has 0 bridgehead atoms. The first-order valence-corrected chi connectivity index (χ1v) is 14.1. The summed E-state index contributed by atoms with van der Waals surface area (Å²) in [5, 5.41) is 4.78. The van der Waals surface area contributed by atoms with Crippen molar-refractivity contribution in [3.05, 3.63) is 53.9 Å². The van der Waals surface area contributed by atoms with Gasteiger partial charge in [0.2, 0.25) is 5.95 Å². The Kier molecular flexibility index (Phi) is 6.81. The van der Waals surface area contributed by atoms with E-state index in [-0.39, 0.29) is 0 Å². The molecule has 6 rings (SSSR count). The molecule has 2 aliphatic heterocycles. The molecular formula is C31H40N8. The third-order valence-electron chi connectivity index (χ3n) is 8.21. The molecule has 8 nitrogen and oxygen atoms in total. The number of nitrogens with one attached hydrogen (secondary N) is 1. The lowest BCUT2D eigenvalue weighted by Crippen LogP contribution is -2.29. The minimum atomic E-state index is 0.594. The molecule has 2 aromatic carbocycles. The second-order valence-corrected chi connectivity index (χ2v) is 11.4. The average molecular weight is 525 g/mol. The van der Waals surface area contributed by atoms with Crippen LogP contribution in [0.5, 0.6) is 0 Å². The Labute approximate surface area is 231 Å². The fourth-order valence-corrected chi connectivity index (χ4v) is 6.03. The van der Waals surface area contributed by atoms with Crippen LogP contribution in [0.15, 0.2) is 42.7 Å². The summed E-state index contributed by atoms with van der Waals surface area (Å²) in [6.07, 6.45) is 9.04. The Morgan fingerprint density at radius 1 is 1.03 bits per heavy atom. The van der Waals surface area contributed by atoms with E-state index in [1.54, 1.807) is 0 Å². The number of nitrogen functional groups attached to an aromatic ring is 1. The number of aryl methyl sites for hydroxylation is 3. The number of anilines is 5. The lowest BCUT2D eigenvalue weighted by Gasteiger charge is -2.24. The Morgan fingerprint density at radius 2 is 1.85 bits per heavy atom. The molecule has 0 unspecified atom stereocenters. The van der Waals surface area contributed by atoms with Crippen molar-refractivity contribution in [2.24, 2.45) is 0 Å². The molecule has 1 fully saturated rings. The highest BCUT2D eigenvalue weighted by Crippen LogP contribution is 2.40. The topological polar surface area (TPSA) is 78.5 Å². The summed E-state index contributed by atoms with van der Waals surface area (Å²) in [7, 11) is 6.26. The maximum absolute atomic E-state index is 6.53. The summed E-state index contributed by atoms with van der Waals surface area (Å²) >= 11 is 0. The standard InChI is InChI=1S/C31H40N8/c1-21-17-27(37(4)16-15-36(2)3)25(32)18-26(21)34-31-33-19-28(38-12-5-6-13-38)29(35-31)24-20-39-14-8-10-22-9-7-11-23(24)30(22)39/h7,9,11,17-20H,5-6,8,10,12-16,32H2,1-4H3,(H,33,34,35). The van der Waals surface area contributed by atoms with Crippen LogP contribution in [-0.4, -0.2) is 66.8 Å². The first kappa shape index (κ1) is 25.5. The third-order valence-corrected chi connectivity index (χ3v) is 8.21. The van der Waals surface area contributed by atoms with E-state index in [0.29, 0.717) is 5.95 Å². The van der Waals surface area contributed by atoms with Gasteiger partial charge < -0.3 is 30.3 Å². The second-order valence-electron chi connectivity index (χ2n) is 11.4. The first-order valence-electron chi connectivity index (χ1n) is 14.1. The Balaban J connectivity index is 1.38. The molecule has 0 radical (unpaired) electrons. The number of hydrogen-bond acceptors (Lipinski definition) is 7. The van der Waals surface area contributed by atoms with Gasteiger partial charge in [0, 0.05) is 62.6 Å². The van der Waals surface area contributed by atoms with Gasteiger partial charge in [0.25, 0.3) is 0 Å². The van der Waals surface area contributed by atoms with Gasteiger partial charge in [0.05, 0.1) is 28.8 Å². The molecule has 0 spiro atoms. The quantitative estimate of drug-likeness (QED) is 0.304. The highest BCUT2D eigenvalue weighted by molar-refractivity contribution is 6.00. The van der Waals surface area contributed by atoms with Crippen molar-refractivity contribution < 1.29 is 0 Å². The van der Waals surface area contributed by atoms with Gasteiger partial charge in [-0.05, 0) is 70.0 Å². The van der Waals surface area contributed by atoms with Crippen molar-refractivity contribution >= 4 is 39.6 Å². The Hall–Kier alpha value is -3.78. The van der Waals surface area contributed by atoms with E-state index >= 15 is 0 Å². The summed E-state index contributed by atoms with van der Waals surface area (Å²) in [5.41, 5.74) is 16.5. The van der Waals surface area contributed by atoms with Gasteiger partial charge in [-0.2, -0.15) is 0 Å². The van der Waals surface area contributed by atoms with E-state index in [1.807, 2.05) is 12.3 Å². The van der Waals surface area contributed by atoms with Gasteiger partial charge >= 0.3 is 0 Å². The summed E-state index contributed by atoms with van der Waals surface area (Å²) < 4.78 is 2.42. The Bertz CT molecular complexity index is 1500. The van der Waals surface area contributed by atoms with Crippen LogP contribution in [0, 0.1) is 6.92 Å². The molecule has 2 aromatic heterocycles. The highest BCUT2D eigenvalue weighted by Gasteiger charge is 2.24. The van der Waals surface area contributed by atoms with E-state index in [4.69, 9.17) is 15.7 Å². The number of benzene rings is 2. The lowest BCUT2D eigenvalue weighted by atomic mass is 10.0. The van der Waals surface area contributed by atoms with Crippen molar-refractivity contribution in [1.29, 1.82) is 0 Å². The van der Waals surface area contributed by atoms with Gasteiger partial charge in [-0.1, -0.05) is 18.2 Å². The smallest absolute Gasteiger partial charge is 0.227 e. The zero-order valence-corrected chi connectivity index (χ0v) is 23.7. The van der Waals surface area contributed by atoms with E-state index in [2.05, 4.69) is 83.1 Å². The van der Waals surface area contributed by atoms with Crippen molar-refractivity contribution in [1.82, 2.24) is 19.4 Å². The fraction of sp³-hybridized carbons (Fsp3) is 0.419. The molecule has 0 amide bonds. The van der Waals surface area contributed by atoms with E-state index in [1.165, 1.54) is 41.3 Å². The normalized spacial score (nSPS) is 14.9. The molecule has 2 aliphatic rings. The average Bonchev–Trinajstić information content (AvgIpc) is 3.59. The van der Waals surface area contributed by atoms with Crippen LogP contribution in [0.4, 0.5) is 28.7 Å². The van der Waals surface area contributed by atoms with Crippen LogP contribution in [0.3, 0.4) is 0 Å². The van der Waals surface area contributed by atoms with Crippen LogP contribution < -0.4 is 20.9 Å². The number of nitrogens with two attached hydrogens (primary N) is 1. The zero-order chi connectivity index (χ0) is 27.1. The van der Waals surface area contributed by atoms with Crippen LogP contribution in [0.1, 0.15) is 30.4 Å². The Morgan fingerprint density at radius 3 is 2.64 bits per heavy atom. The van der Waals surface area contributed by atoms with Crippen molar-refractivity contribution in [3.63, 3.8) is 0 Å². The summed E-state index contributed by atoms with van der Waals surface area (Å²) in [4.78, 5) is 16.8. The molecule has 0 atom stereocenters. The fourth-order valence-electron chi connectivity index (χ4n) is 6.03. The monoisotopic (exact) mass is 524 g/mol. The number of likely N-dealkylation sites (N-methyl/N-ethyl adjacent to an activating group) is 2. The minimum absolute atomic E-state index is 0.594. The summed E-state index contributed by atoms with van der Waals surface area (Å²) in [6.45, 7) is 7.12.